The fourth-order valence-electron chi connectivity index (χ4n) is 3.94. The van der Waals surface area contributed by atoms with Crippen molar-refractivity contribution in [3.63, 3.8) is 0 Å². The third kappa shape index (κ3) is 2.77. The number of rotatable bonds is 4. The maximum absolute atomic E-state index is 14.3. The minimum atomic E-state index is -0.358. The topological polar surface area (TPSA) is 54.3 Å². The van der Waals surface area contributed by atoms with Crippen molar-refractivity contribution in [3.05, 3.63) is 30.1 Å². The van der Waals surface area contributed by atoms with E-state index >= 15 is 0 Å². The van der Waals surface area contributed by atoms with Gasteiger partial charge in [-0.2, -0.15) is 0 Å². The lowest BCUT2D eigenvalue weighted by atomic mass is 10.1. The van der Waals surface area contributed by atoms with Crippen molar-refractivity contribution in [3.8, 4) is 11.4 Å². The first-order chi connectivity index (χ1) is 12.0. The number of amides is 1. The van der Waals surface area contributed by atoms with Gasteiger partial charge in [-0.25, -0.2) is 4.39 Å². The molecule has 0 radical (unpaired) electrons. The molecular formula is C18H22FN5O. The summed E-state index contributed by atoms with van der Waals surface area (Å²) in [7, 11) is 3.43. The lowest BCUT2D eigenvalue weighted by Gasteiger charge is -2.28. The van der Waals surface area contributed by atoms with Crippen LogP contribution in [0.5, 0.6) is 0 Å². The van der Waals surface area contributed by atoms with E-state index in [1.54, 1.807) is 36.9 Å². The number of carbonyl (C=O) groups excluding carboxylic acids is 1. The number of likely N-dealkylation sites (N-methyl/N-ethyl adjacent to an activating group) is 1. The first-order valence-corrected chi connectivity index (χ1v) is 8.69. The normalized spacial score (nSPS) is 21.8. The number of anilines is 1. The molecule has 4 rings (SSSR count). The average Bonchev–Trinajstić information content (AvgIpc) is 3.30. The second-order valence-corrected chi connectivity index (χ2v) is 7.16. The van der Waals surface area contributed by atoms with Gasteiger partial charge >= 0.3 is 0 Å². The van der Waals surface area contributed by atoms with Gasteiger partial charge in [-0.15, -0.1) is 10.2 Å². The van der Waals surface area contributed by atoms with Crippen molar-refractivity contribution in [2.75, 3.05) is 25.5 Å². The number of carbonyl (C=O) groups is 1. The lowest BCUT2D eigenvalue weighted by molar-refractivity contribution is -0.129. The van der Waals surface area contributed by atoms with Gasteiger partial charge in [0, 0.05) is 26.7 Å². The van der Waals surface area contributed by atoms with Gasteiger partial charge in [0.2, 0.25) is 11.9 Å². The van der Waals surface area contributed by atoms with Gasteiger partial charge in [0.1, 0.15) is 12.4 Å². The van der Waals surface area contributed by atoms with Crippen molar-refractivity contribution in [1.29, 1.82) is 0 Å². The van der Waals surface area contributed by atoms with Gasteiger partial charge in [-0.05, 0) is 37.3 Å². The molecule has 25 heavy (non-hydrogen) atoms. The van der Waals surface area contributed by atoms with Crippen LogP contribution in [0.3, 0.4) is 0 Å². The quantitative estimate of drug-likeness (QED) is 0.854. The molecule has 2 fully saturated rings. The van der Waals surface area contributed by atoms with Crippen LogP contribution in [-0.2, 0) is 11.3 Å². The van der Waals surface area contributed by atoms with Crippen LogP contribution in [0, 0.1) is 11.7 Å². The molecule has 1 amide bonds. The Morgan fingerprint density at radius 1 is 1.28 bits per heavy atom. The predicted octanol–water partition coefficient (Wildman–Crippen LogP) is 2.16. The summed E-state index contributed by atoms with van der Waals surface area (Å²) in [4.78, 5) is 16.1. The van der Waals surface area contributed by atoms with Gasteiger partial charge in [-0.1, -0.05) is 12.1 Å². The fraction of sp³-hybridized carbons (Fsp3) is 0.500. The van der Waals surface area contributed by atoms with E-state index in [4.69, 9.17) is 0 Å². The molecule has 1 saturated carbocycles. The highest BCUT2D eigenvalue weighted by Gasteiger charge is 2.40. The van der Waals surface area contributed by atoms with Crippen LogP contribution in [0.25, 0.3) is 11.4 Å². The molecule has 1 saturated heterocycles. The van der Waals surface area contributed by atoms with E-state index in [0.717, 1.165) is 13.0 Å². The summed E-state index contributed by atoms with van der Waals surface area (Å²) in [6, 6.07) is 6.94. The third-order valence-corrected chi connectivity index (χ3v) is 5.30. The molecule has 2 heterocycles. The van der Waals surface area contributed by atoms with E-state index in [1.165, 1.54) is 23.8 Å². The van der Waals surface area contributed by atoms with Crippen LogP contribution < -0.4 is 4.90 Å². The number of hydrogen-bond acceptors (Lipinski definition) is 4. The van der Waals surface area contributed by atoms with Crippen molar-refractivity contribution >= 4 is 11.9 Å². The predicted molar refractivity (Wildman–Crippen MR) is 92.6 cm³/mol. The second kappa shape index (κ2) is 6.13. The van der Waals surface area contributed by atoms with Crippen LogP contribution in [0.4, 0.5) is 10.3 Å². The molecule has 2 aromatic rings. The Balaban J connectivity index is 1.77. The zero-order valence-corrected chi connectivity index (χ0v) is 14.5. The fourth-order valence-corrected chi connectivity index (χ4v) is 3.94. The molecule has 2 unspecified atom stereocenters. The lowest BCUT2D eigenvalue weighted by Crippen LogP contribution is -2.35. The average molecular weight is 343 g/mol. The molecule has 132 valence electrons. The summed E-state index contributed by atoms with van der Waals surface area (Å²) in [5, 5.41) is 8.60. The Labute approximate surface area is 146 Å². The van der Waals surface area contributed by atoms with Crippen molar-refractivity contribution < 1.29 is 9.18 Å². The number of nitrogens with zero attached hydrogens (tertiary/aromatic N) is 5. The van der Waals surface area contributed by atoms with Crippen LogP contribution in [0.1, 0.15) is 19.3 Å². The molecule has 1 aliphatic carbocycles. The maximum atomic E-state index is 14.3. The Bertz CT molecular complexity index is 803. The van der Waals surface area contributed by atoms with Crippen LogP contribution >= 0.6 is 0 Å². The monoisotopic (exact) mass is 343 g/mol. The van der Waals surface area contributed by atoms with E-state index in [9.17, 15) is 9.18 Å². The summed E-state index contributed by atoms with van der Waals surface area (Å²) >= 11 is 0. The molecule has 0 N–H and O–H groups in total. The van der Waals surface area contributed by atoms with Crippen LogP contribution in [0.15, 0.2) is 24.3 Å². The van der Waals surface area contributed by atoms with Gasteiger partial charge < -0.3 is 9.80 Å². The molecule has 6 nitrogen and oxygen atoms in total. The van der Waals surface area contributed by atoms with Crippen LogP contribution in [0.2, 0.25) is 0 Å². The Hall–Kier alpha value is -2.44. The van der Waals surface area contributed by atoms with Gasteiger partial charge in [0.15, 0.2) is 5.82 Å². The Morgan fingerprint density at radius 2 is 2.08 bits per heavy atom. The number of hydrogen-bond donors (Lipinski definition) is 0. The summed E-state index contributed by atoms with van der Waals surface area (Å²) in [6.07, 6.45) is 3.57. The SMILES string of the molecule is CN(C)C(=O)Cn1c(-c2ccccc2F)nnc1N1CC2CCC1C2. The summed E-state index contributed by atoms with van der Waals surface area (Å²) in [5.74, 6) is 1.36. The summed E-state index contributed by atoms with van der Waals surface area (Å²) in [6.45, 7) is 1.04. The molecule has 7 heteroatoms. The maximum Gasteiger partial charge on any atom is 0.242 e. The van der Waals surface area contributed by atoms with Crippen LogP contribution in [-0.4, -0.2) is 52.3 Å². The largest absolute Gasteiger partial charge is 0.347 e. The first kappa shape index (κ1) is 16.1. The number of fused-ring (bicyclic) bond motifs is 2. The number of aromatic nitrogens is 3. The molecule has 1 aromatic carbocycles. The minimum Gasteiger partial charge on any atom is -0.347 e. The van der Waals surface area contributed by atoms with E-state index in [-0.39, 0.29) is 18.3 Å². The number of piperidine rings is 1. The Kier molecular flexibility index (Phi) is 3.94. The molecule has 2 bridgehead atoms. The molecule has 0 spiro atoms. The molecule has 2 aliphatic rings. The third-order valence-electron chi connectivity index (χ3n) is 5.30. The summed E-state index contributed by atoms with van der Waals surface area (Å²) in [5.41, 5.74) is 0.372. The van der Waals surface area contributed by atoms with Gasteiger partial charge in [0.25, 0.3) is 0 Å². The number of benzene rings is 1. The second-order valence-electron chi connectivity index (χ2n) is 7.16. The van der Waals surface area contributed by atoms with E-state index in [1.807, 2.05) is 0 Å². The highest BCUT2D eigenvalue weighted by atomic mass is 19.1. The molecule has 1 aliphatic heterocycles. The highest BCUT2D eigenvalue weighted by molar-refractivity contribution is 5.77. The van der Waals surface area contributed by atoms with E-state index in [0.29, 0.717) is 29.3 Å². The van der Waals surface area contributed by atoms with Gasteiger partial charge in [0.05, 0.1) is 5.56 Å². The first-order valence-electron chi connectivity index (χ1n) is 8.69. The zero-order valence-electron chi connectivity index (χ0n) is 14.5. The zero-order chi connectivity index (χ0) is 17.6. The van der Waals surface area contributed by atoms with E-state index < -0.39 is 0 Å². The van der Waals surface area contributed by atoms with E-state index in [2.05, 4.69) is 15.1 Å². The minimum absolute atomic E-state index is 0.0667. The van der Waals surface area contributed by atoms with Gasteiger partial charge in [-0.3, -0.25) is 9.36 Å². The molecule has 2 atom stereocenters. The number of halogens is 1. The molecule has 1 aromatic heterocycles. The van der Waals surface area contributed by atoms with Crippen molar-refractivity contribution in [2.24, 2.45) is 5.92 Å². The highest BCUT2D eigenvalue weighted by Crippen LogP contribution is 2.40. The van der Waals surface area contributed by atoms with Crippen molar-refractivity contribution in [2.45, 2.75) is 31.8 Å². The van der Waals surface area contributed by atoms with Crippen molar-refractivity contribution in [1.82, 2.24) is 19.7 Å². The Morgan fingerprint density at radius 3 is 2.72 bits per heavy atom. The summed E-state index contributed by atoms with van der Waals surface area (Å²) < 4.78 is 16.1. The smallest absolute Gasteiger partial charge is 0.242 e. The molecular weight excluding hydrogens is 321 g/mol. The standard InChI is InChI=1S/C18H22FN5O/c1-22(2)16(25)11-24-17(14-5-3-4-6-15(14)19)20-21-18(24)23-10-12-7-8-13(23)9-12/h3-6,12-13H,7-11H2,1-2H3.